The maximum absolute atomic E-state index is 12.9. The van der Waals surface area contributed by atoms with Crippen LogP contribution in [0.2, 0.25) is 10.0 Å². The molecule has 0 spiro atoms. The molecule has 0 atom stereocenters. The first-order valence-electron chi connectivity index (χ1n) is 11.2. The summed E-state index contributed by atoms with van der Waals surface area (Å²) >= 11 is 12.7. The third-order valence-electron chi connectivity index (χ3n) is 6.65. The molecule has 2 aromatic carbocycles. The lowest BCUT2D eigenvalue weighted by atomic mass is 9.86. The van der Waals surface area contributed by atoms with E-state index in [9.17, 15) is 10.0 Å². The van der Waals surface area contributed by atoms with E-state index in [0.717, 1.165) is 46.0 Å². The monoisotopic (exact) mass is 479 g/mol. The first kappa shape index (κ1) is 22.0. The second kappa shape index (κ2) is 9.20. The Hall–Kier alpha value is -2.82. The topological polar surface area (TPSA) is 44.4 Å². The van der Waals surface area contributed by atoms with Crippen LogP contribution in [0.1, 0.15) is 40.7 Å². The van der Waals surface area contributed by atoms with Gasteiger partial charge in [-0.25, -0.2) is 0 Å². The molecule has 1 fully saturated rings. The second-order valence-electron chi connectivity index (χ2n) is 8.73. The number of hydrogen-bond acceptors (Lipinski definition) is 2. The quantitative estimate of drug-likeness (QED) is 0.401. The molecule has 4 nitrogen and oxygen atoms in total. The van der Waals surface area contributed by atoms with Gasteiger partial charge in [0, 0.05) is 40.0 Å². The van der Waals surface area contributed by atoms with Crippen molar-refractivity contribution in [1.82, 2.24) is 4.90 Å². The first-order chi connectivity index (χ1) is 16.0. The van der Waals surface area contributed by atoms with Gasteiger partial charge < -0.3 is 4.90 Å². The predicted molar refractivity (Wildman–Crippen MR) is 130 cm³/mol. The van der Waals surface area contributed by atoms with Gasteiger partial charge in [-0.15, -0.1) is 0 Å². The molecular weight excluding hydrogens is 455 g/mol. The Kier molecular flexibility index (Phi) is 6.13. The largest absolute Gasteiger partial charge is 0.342 e. The zero-order valence-corrected chi connectivity index (χ0v) is 19.7. The fraction of sp³-hybridized carbons (Fsp3) is 0.259. The van der Waals surface area contributed by atoms with Crippen LogP contribution in [0.5, 0.6) is 0 Å². The molecule has 33 heavy (non-hydrogen) atoms. The number of rotatable bonds is 2. The van der Waals surface area contributed by atoms with Gasteiger partial charge in [0.1, 0.15) is 0 Å². The van der Waals surface area contributed by atoms with Crippen molar-refractivity contribution in [2.45, 2.75) is 32.1 Å². The lowest BCUT2D eigenvalue weighted by molar-refractivity contribution is -0.904. The average molecular weight is 480 g/mol. The summed E-state index contributed by atoms with van der Waals surface area (Å²) in [5.74, 6) is 0.120. The van der Waals surface area contributed by atoms with E-state index < -0.39 is 0 Å². The minimum atomic E-state index is 0.120. The molecule has 1 aromatic heterocycles. The number of aryl methyl sites for hydroxylation is 2. The number of carbonyl (C=O) groups excluding carboxylic acids is 1. The van der Waals surface area contributed by atoms with Crippen LogP contribution >= 0.6 is 23.2 Å². The van der Waals surface area contributed by atoms with Gasteiger partial charge in [0.25, 0.3) is 0 Å². The normalized spacial score (nSPS) is 15.6. The molecule has 0 saturated carbocycles. The number of piperidine rings is 1. The summed E-state index contributed by atoms with van der Waals surface area (Å²) in [5.41, 5.74) is 8.59. The maximum Gasteiger partial charge on any atom is 0.227 e. The van der Waals surface area contributed by atoms with E-state index in [1.165, 1.54) is 33.4 Å². The molecule has 1 saturated heterocycles. The molecule has 1 N–H and O–H groups in total. The molecule has 1 aliphatic heterocycles. The maximum atomic E-state index is 12.9. The smallest absolute Gasteiger partial charge is 0.227 e. The highest BCUT2D eigenvalue weighted by Gasteiger charge is 2.26. The summed E-state index contributed by atoms with van der Waals surface area (Å²) in [6.45, 7) is 1.41. The molecule has 1 aliphatic carbocycles. The number of pyridine rings is 1. The molecule has 6 heteroatoms. The van der Waals surface area contributed by atoms with Crippen LogP contribution in [0.3, 0.4) is 0 Å². The van der Waals surface area contributed by atoms with Crippen molar-refractivity contribution in [2.24, 2.45) is 0 Å². The molecular formula is C27H25Cl2N2O2+. The van der Waals surface area contributed by atoms with Gasteiger partial charge in [-0.05, 0) is 83.3 Å². The van der Waals surface area contributed by atoms with Gasteiger partial charge in [0.05, 0.1) is 6.42 Å². The number of halogens is 2. The molecule has 3 aromatic rings. The minimum absolute atomic E-state index is 0.120. The van der Waals surface area contributed by atoms with Gasteiger partial charge in [0.15, 0.2) is 0 Å². The summed E-state index contributed by atoms with van der Waals surface area (Å²) in [7, 11) is 0. The second-order valence-corrected chi connectivity index (χ2v) is 9.60. The van der Waals surface area contributed by atoms with Crippen molar-refractivity contribution in [1.29, 1.82) is 0 Å². The SMILES string of the molecule is O=C(Cc1cc[n+](O)cc1)N1CCC(=C2c3ccc(Cl)cc3CCc3cc(Cl)ccc32)CC1. The van der Waals surface area contributed by atoms with Crippen LogP contribution in [0, 0.1) is 0 Å². The summed E-state index contributed by atoms with van der Waals surface area (Å²) < 4.78 is 0.982. The van der Waals surface area contributed by atoms with Crippen LogP contribution < -0.4 is 4.73 Å². The van der Waals surface area contributed by atoms with Crippen molar-refractivity contribution >= 4 is 34.7 Å². The fourth-order valence-electron chi connectivity index (χ4n) is 4.95. The first-order valence-corrected chi connectivity index (χ1v) is 12.0. The Morgan fingerprint density at radius 3 is 1.94 bits per heavy atom. The zero-order chi connectivity index (χ0) is 22.9. The van der Waals surface area contributed by atoms with Crippen molar-refractivity contribution in [2.75, 3.05) is 13.1 Å². The number of likely N-dealkylation sites (tertiary alicyclic amines) is 1. The molecule has 5 rings (SSSR count). The van der Waals surface area contributed by atoms with Gasteiger partial charge in [-0.2, -0.15) is 0 Å². The molecule has 0 unspecified atom stereocenters. The van der Waals surface area contributed by atoms with Crippen LogP contribution in [0.25, 0.3) is 5.57 Å². The lowest BCUT2D eigenvalue weighted by Gasteiger charge is -2.31. The van der Waals surface area contributed by atoms with E-state index in [2.05, 4.69) is 24.3 Å². The standard InChI is InChI=1S/C27H25Cl2N2O2/c28-22-3-5-24-20(16-22)1-2-21-17-23(29)4-6-25(21)27(24)19-9-11-30(12-10-19)26(32)15-18-7-13-31(33)14-8-18/h3-8,13-14,16-17,33H,1-2,9-12,15H2/q+1. The van der Waals surface area contributed by atoms with Gasteiger partial charge in [-0.1, -0.05) is 40.9 Å². The van der Waals surface area contributed by atoms with E-state index >= 15 is 0 Å². The zero-order valence-electron chi connectivity index (χ0n) is 18.2. The van der Waals surface area contributed by atoms with Gasteiger partial charge in [-0.3, -0.25) is 10.0 Å². The molecule has 0 bridgehead atoms. The van der Waals surface area contributed by atoms with Crippen molar-refractivity contribution in [3.63, 3.8) is 0 Å². The van der Waals surface area contributed by atoms with E-state index in [-0.39, 0.29) is 5.91 Å². The highest BCUT2D eigenvalue weighted by Crippen LogP contribution is 2.40. The number of fused-ring (bicyclic) bond motifs is 2. The average Bonchev–Trinajstić information content (AvgIpc) is 2.97. The van der Waals surface area contributed by atoms with Crippen molar-refractivity contribution in [3.8, 4) is 0 Å². The third kappa shape index (κ3) is 4.64. The number of hydrogen-bond donors (Lipinski definition) is 1. The van der Waals surface area contributed by atoms with E-state index in [4.69, 9.17) is 23.2 Å². The number of nitrogens with zero attached hydrogens (tertiary/aromatic N) is 2. The number of benzene rings is 2. The molecule has 2 heterocycles. The van der Waals surface area contributed by atoms with E-state index in [0.29, 0.717) is 19.5 Å². The van der Waals surface area contributed by atoms with E-state index in [1.807, 2.05) is 17.0 Å². The third-order valence-corrected chi connectivity index (χ3v) is 7.12. The fourth-order valence-corrected chi connectivity index (χ4v) is 5.34. The predicted octanol–water partition coefficient (Wildman–Crippen LogP) is 5.28. The van der Waals surface area contributed by atoms with Crippen LogP contribution in [-0.2, 0) is 24.1 Å². The number of carbonyl (C=O) groups is 1. The summed E-state index contributed by atoms with van der Waals surface area (Å²) in [6.07, 6.45) is 6.97. The van der Waals surface area contributed by atoms with Crippen molar-refractivity contribution < 1.29 is 14.7 Å². The lowest BCUT2D eigenvalue weighted by Crippen LogP contribution is -2.37. The highest BCUT2D eigenvalue weighted by molar-refractivity contribution is 6.31. The Balaban J connectivity index is 1.44. The van der Waals surface area contributed by atoms with Gasteiger partial charge >= 0.3 is 0 Å². The Labute approximate surface area is 203 Å². The highest BCUT2D eigenvalue weighted by atomic mass is 35.5. The van der Waals surface area contributed by atoms with Gasteiger partial charge in [0.2, 0.25) is 18.3 Å². The van der Waals surface area contributed by atoms with Crippen LogP contribution in [0.15, 0.2) is 66.5 Å². The number of aromatic nitrogens is 1. The van der Waals surface area contributed by atoms with Crippen LogP contribution in [0.4, 0.5) is 0 Å². The molecule has 168 valence electrons. The molecule has 2 aliphatic rings. The Morgan fingerprint density at radius 1 is 0.848 bits per heavy atom. The molecule has 0 radical (unpaired) electrons. The van der Waals surface area contributed by atoms with E-state index in [1.54, 1.807) is 24.5 Å². The Morgan fingerprint density at radius 2 is 1.39 bits per heavy atom. The van der Waals surface area contributed by atoms with Crippen molar-refractivity contribution in [3.05, 3.63) is 104 Å². The summed E-state index contributed by atoms with van der Waals surface area (Å²) in [6, 6.07) is 15.9. The molecule has 1 amide bonds. The summed E-state index contributed by atoms with van der Waals surface area (Å²) in [5, 5.41) is 10.9. The summed E-state index contributed by atoms with van der Waals surface area (Å²) in [4.78, 5) is 14.8. The minimum Gasteiger partial charge on any atom is -0.342 e. The number of amides is 1. The Bertz CT molecular complexity index is 1190. The van der Waals surface area contributed by atoms with Crippen LogP contribution in [-0.4, -0.2) is 29.1 Å².